The maximum absolute atomic E-state index is 13.9. The number of benzene rings is 2. The van der Waals surface area contributed by atoms with Crippen molar-refractivity contribution in [3.05, 3.63) is 75.6 Å². The Morgan fingerprint density at radius 2 is 1.86 bits per heavy atom. The third-order valence-corrected chi connectivity index (χ3v) is 3.07. The molecule has 0 aliphatic rings. The lowest BCUT2D eigenvalue weighted by Gasteiger charge is -2.14. The topological polar surface area (TPSA) is 72.2 Å². The van der Waals surface area contributed by atoms with Crippen molar-refractivity contribution in [2.24, 2.45) is 0 Å². The summed E-state index contributed by atoms with van der Waals surface area (Å²) in [5.41, 5.74) is -0.196. The summed E-state index contributed by atoms with van der Waals surface area (Å²) in [5.74, 6) is -1.81. The van der Waals surface area contributed by atoms with Crippen LogP contribution in [0.25, 0.3) is 0 Å². The zero-order valence-corrected chi connectivity index (χ0v) is 11.2. The second-order valence-corrected chi connectivity index (χ2v) is 4.50. The molecule has 1 N–H and O–H groups in total. The van der Waals surface area contributed by atoms with Crippen LogP contribution in [0.3, 0.4) is 0 Å². The molecule has 2 aromatic carbocycles. The van der Waals surface area contributed by atoms with E-state index in [1.165, 1.54) is 12.1 Å². The second-order valence-electron chi connectivity index (χ2n) is 4.50. The molecule has 0 saturated heterocycles. The minimum atomic E-state index is -1.12. The fourth-order valence-corrected chi connectivity index (χ4v) is 1.94. The van der Waals surface area contributed by atoms with E-state index in [0.29, 0.717) is 0 Å². The molecule has 0 aliphatic heterocycles. The molecule has 5 nitrogen and oxygen atoms in total. The molecular formula is C15H13FN2O3. The highest BCUT2D eigenvalue weighted by molar-refractivity contribution is 5.95. The summed E-state index contributed by atoms with van der Waals surface area (Å²) in [4.78, 5) is 21.9. The monoisotopic (exact) mass is 288 g/mol. The van der Waals surface area contributed by atoms with E-state index in [2.05, 4.69) is 5.32 Å². The quantitative estimate of drug-likeness (QED) is 0.693. The molecule has 1 atom stereocenters. The number of hydrogen-bond acceptors (Lipinski definition) is 3. The van der Waals surface area contributed by atoms with Crippen LogP contribution in [0.4, 0.5) is 10.1 Å². The van der Waals surface area contributed by atoms with Crippen LogP contribution in [0, 0.1) is 15.9 Å². The molecule has 0 heterocycles. The van der Waals surface area contributed by atoms with Crippen molar-refractivity contribution >= 4 is 11.6 Å². The van der Waals surface area contributed by atoms with E-state index < -0.39 is 22.3 Å². The van der Waals surface area contributed by atoms with E-state index in [1.807, 2.05) is 30.3 Å². The summed E-state index contributed by atoms with van der Waals surface area (Å²) in [6, 6.07) is 12.3. The Balaban J connectivity index is 2.22. The standard InChI is InChI=1S/C15H13FN2O3/c1-10(11-6-3-2-4-7-11)17-15(19)12-8-5-9-13(14(12)16)18(20)21/h2-10H,1H3,(H,17,19)/t10-/m0/s1. The van der Waals surface area contributed by atoms with Crippen LogP contribution in [0.5, 0.6) is 0 Å². The zero-order valence-electron chi connectivity index (χ0n) is 11.2. The number of hydrogen-bond donors (Lipinski definition) is 1. The van der Waals surface area contributed by atoms with Crippen LogP contribution in [0.2, 0.25) is 0 Å². The van der Waals surface area contributed by atoms with Crippen LogP contribution in [0.15, 0.2) is 48.5 Å². The van der Waals surface area contributed by atoms with Gasteiger partial charge in [-0.05, 0) is 18.6 Å². The Labute approximate surface area is 120 Å². The normalized spacial score (nSPS) is 11.7. The Morgan fingerprint density at radius 3 is 2.48 bits per heavy atom. The summed E-state index contributed by atoms with van der Waals surface area (Å²) in [6.07, 6.45) is 0. The summed E-state index contributed by atoms with van der Waals surface area (Å²) < 4.78 is 13.9. The van der Waals surface area contributed by atoms with Crippen molar-refractivity contribution < 1.29 is 14.1 Å². The van der Waals surface area contributed by atoms with Gasteiger partial charge in [-0.2, -0.15) is 4.39 Å². The SMILES string of the molecule is C[C@H](NC(=O)c1cccc([N+](=O)[O-])c1F)c1ccccc1. The fraction of sp³-hybridized carbons (Fsp3) is 0.133. The molecule has 0 saturated carbocycles. The number of nitro benzene ring substituents is 1. The molecule has 2 rings (SSSR count). The van der Waals surface area contributed by atoms with Gasteiger partial charge < -0.3 is 5.32 Å². The number of amides is 1. The minimum absolute atomic E-state index is 0.336. The van der Waals surface area contributed by atoms with Crippen LogP contribution < -0.4 is 5.32 Å². The molecular weight excluding hydrogens is 275 g/mol. The Hall–Kier alpha value is -2.76. The average molecular weight is 288 g/mol. The van der Waals surface area contributed by atoms with Crippen molar-refractivity contribution in [2.45, 2.75) is 13.0 Å². The van der Waals surface area contributed by atoms with Gasteiger partial charge in [-0.3, -0.25) is 14.9 Å². The van der Waals surface area contributed by atoms with E-state index in [4.69, 9.17) is 0 Å². The van der Waals surface area contributed by atoms with Gasteiger partial charge >= 0.3 is 5.69 Å². The van der Waals surface area contributed by atoms with E-state index in [1.54, 1.807) is 6.92 Å². The van der Waals surface area contributed by atoms with Crippen molar-refractivity contribution in [3.8, 4) is 0 Å². The first kappa shape index (κ1) is 14.6. The molecule has 0 fully saturated rings. The molecule has 0 aliphatic carbocycles. The maximum atomic E-state index is 13.9. The number of rotatable bonds is 4. The highest BCUT2D eigenvalue weighted by atomic mass is 19.1. The lowest BCUT2D eigenvalue weighted by atomic mass is 10.1. The summed E-state index contributed by atoms with van der Waals surface area (Å²) in [7, 11) is 0. The fourth-order valence-electron chi connectivity index (χ4n) is 1.94. The molecule has 0 radical (unpaired) electrons. The number of halogens is 1. The van der Waals surface area contributed by atoms with E-state index in [0.717, 1.165) is 11.6 Å². The largest absolute Gasteiger partial charge is 0.345 e. The Kier molecular flexibility index (Phi) is 4.27. The minimum Gasteiger partial charge on any atom is -0.345 e. The molecule has 2 aromatic rings. The molecule has 21 heavy (non-hydrogen) atoms. The third kappa shape index (κ3) is 3.22. The molecule has 0 bridgehead atoms. The van der Waals surface area contributed by atoms with Gasteiger partial charge in [0.15, 0.2) is 0 Å². The third-order valence-electron chi connectivity index (χ3n) is 3.07. The molecule has 6 heteroatoms. The molecule has 1 amide bonds. The maximum Gasteiger partial charge on any atom is 0.305 e. The van der Waals surface area contributed by atoms with Gasteiger partial charge in [0.05, 0.1) is 16.5 Å². The van der Waals surface area contributed by atoms with Gasteiger partial charge in [-0.25, -0.2) is 0 Å². The predicted octanol–water partition coefficient (Wildman–Crippen LogP) is 3.22. The lowest BCUT2D eigenvalue weighted by molar-refractivity contribution is -0.387. The highest BCUT2D eigenvalue weighted by Gasteiger charge is 2.22. The van der Waals surface area contributed by atoms with Crippen LogP contribution in [0.1, 0.15) is 28.9 Å². The van der Waals surface area contributed by atoms with Crippen molar-refractivity contribution in [1.29, 1.82) is 0 Å². The van der Waals surface area contributed by atoms with Crippen molar-refractivity contribution in [2.75, 3.05) is 0 Å². The molecule has 108 valence electrons. The second kappa shape index (κ2) is 6.13. The number of nitrogens with one attached hydrogen (secondary N) is 1. The van der Waals surface area contributed by atoms with Crippen LogP contribution >= 0.6 is 0 Å². The summed E-state index contributed by atoms with van der Waals surface area (Å²) in [5, 5.41) is 13.3. The molecule has 0 unspecified atom stereocenters. The zero-order chi connectivity index (χ0) is 15.4. The summed E-state index contributed by atoms with van der Waals surface area (Å²) >= 11 is 0. The highest BCUT2D eigenvalue weighted by Crippen LogP contribution is 2.21. The molecule has 0 spiro atoms. The van der Waals surface area contributed by atoms with Crippen LogP contribution in [-0.4, -0.2) is 10.8 Å². The van der Waals surface area contributed by atoms with Gasteiger partial charge in [0.25, 0.3) is 5.91 Å². The van der Waals surface area contributed by atoms with Crippen LogP contribution in [-0.2, 0) is 0 Å². The number of carbonyl (C=O) groups is 1. The smallest absolute Gasteiger partial charge is 0.305 e. The van der Waals surface area contributed by atoms with E-state index in [9.17, 15) is 19.3 Å². The first-order chi connectivity index (χ1) is 10.0. The van der Waals surface area contributed by atoms with E-state index >= 15 is 0 Å². The van der Waals surface area contributed by atoms with E-state index in [-0.39, 0.29) is 11.6 Å². The number of carbonyl (C=O) groups excluding carboxylic acids is 1. The first-order valence-electron chi connectivity index (χ1n) is 6.29. The summed E-state index contributed by atoms with van der Waals surface area (Å²) in [6.45, 7) is 1.75. The number of nitro groups is 1. The van der Waals surface area contributed by atoms with Gasteiger partial charge in [-0.1, -0.05) is 36.4 Å². The number of nitrogens with zero attached hydrogens (tertiary/aromatic N) is 1. The average Bonchev–Trinajstić information content (AvgIpc) is 2.47. The van der Waals surface area contributed by atoms with Gasteiger partial charge in [-0.15, -0.1) is 0 Å². The Bertz CT molecular complexity index is 674. The molecule has 0 aromatic heterocycles. The first-order valence-corrected chi connectivity index (χ1v) is 6.29. The van der Waals surface area contributed by atoms with Crippen molar-refractivity contribution in [1.82, 2.24) is 5.32 Å². The van der Waals surface area contributed by atoms with Crippen molar-refractivity contribution in [3.63, 3.8) is 0 Å². The van der Waals surface area contributed by atoms with Gasteiger partial charge in [0, 0.05) is 6.07 Å². The predicted molar refractivity (Wildman–Crippen MR) is 75.4 cm³/mol. The van der Waals surface area contributed by atoms with Gasteiger partial charge in [0.1, 0.15) is 0 Å². The Morgan fingerprint density at radius 1 is 1.19 bits per heavy atom. The van der Waals surface area contributed by atoms with Gasteiger partial charge in [0.2, 0.25) is 5.82 Å². The lowest BCUT2D eigenvalue weighted by Crippen LogP contribution is -2.27.